The first-order valence-corrected chi connectivity index (χ1v) is 9.26. The number of carbonyl (C=O) groups excluding carboxylic acids is 1. The normalized spacial score (nSPS) is 13.8. The molecule has 0 aliphatic heterocycles. The number of pyridine rings is 1. The summed E-state index contributed by atoms with van der Waals surface area (Å²) >= 11 is 7.54. The van der Waals surface area contributed by atoms with Crippen molar-refractivity contribution in [2.75, 3.05) is 5.75 Å². The number of hydrogen-bond donors (Lipinski definition) is 0. The van der Waals surface area contributed by atoms with Crippen LogP contribution in [0, 0.1) is 0 Å². The molecule has 0 spiro atoms. The Morgan fingerprint density at radius 3 is 2.48 bits per heavy atom. The third kappa shape index (κ3) is 4.98. The van der Waals surface area contributed by atoms with Crippen molar-refractivity contribution < 1.29 is 4.79 Å². The maximum Gasteiger partial charge on any atom is 0.233 e. The molecule has 5 heteroatoms. The number of carbonyl (C=O) groups is 1. The summed E-state index contributed by atoms with van der Waals surface area (Å²) in [5, 5.41) is 0.743. The van der Waals surface area contributed by atoms with E-state index < -0.39 is 0 Å². The Morgan fingerprint density at radius 1 is 1.13 bits per heavy atom. The van der Waals surface area contributed by atoms with Crippen molar-refractivity contribution in [2.45, 2.75) is 31.2 Å². The molecule has 1 aliphatic rings. The molecule has 23 heavy (non-hydrogen) atoms. The highest BCUT2D eigenvalue weighted by Gasteiger charge is 2.32. The minimum atomic E-state index is 0.225. The van der Waals surface area contributed by atoms with E-state index in [1.807, 2.05) is 41.3 Å². The first-order chi connectivity index (χ1) is 11.2. The molecule has 3 nitrogen and oxygen atoms in total. The van der Waals surface area contributed by atoms with E-state index in [4.69, 9.17) is 11.6 Å². The van der Waals surface area contributed by atoms with Gasteiger partial charge in [0.05, 0.1) is 5.75 Å². The Morgan fingerprint density at radius 2 is 1.83 bits per heavy atom. The predicted octanol–water partition coefficient (Wildman–Crippen LogP) is 4.16. The Kier molecular flexibility index (Phi) is 5.57. The Hall–Kier alpha value is -1.52. The second-order valence-electron chi connectivity index (χ2n) is 5.73. The van der Waals surface area contributed by atoms with Crippen LogP contribution in [0.2, 0.25) is 5.02 Å². The molecule has 1 heterocycles. The van der Waals surface area contributed by atoms with Crippen LogP contribution >= 0.6 is 23.4 Å². The lowest BCUT2D eigenvalue weighted by Crippen LogP contribution is -2.34. The standard InChI is InChI=1S/C18H19ClN2OS/c19-16-3-1-15(2-4-16)12-23-13-18(22)21(17-5-6-17)11-14-7-9-20-10-8-14/h1-4,7-10,17H,5-6,11-13H2. The third-order valence-corrected chi connectivity index (χ3v) is 5.06. The fraction of sp³-hybridized carbons (Fsp3) is 0.333. The van der Waals surface area contributed by atoms with E-state index in [2.05, 4.69) is 4.98 Å². The van der Waals surface area contributed by atoms with E-state index in [-0.39, 0.29) is 5.91 Å². The Bertz CT molecular complexity index is 644. The maximum absolute atomic E-state index is 12.5. The number of nitrogens with zero attached hydrogens (tertiary/aromatic N) is 2. The molecule has 1 aliphatic carbocycles. The van der Waals surface area contributed by atoms with Crippen molar-refractivity contribution >= 4 is 29.3 Å². The van der Waals surface area contributed by atoms with Gasteiger partial charge < -0.3 is 4.90 Å². The van der Waals surface area contributed by atoms with Gasteiger partial charge in [-0.05, 0) is 48.2 Å². The molecule has 1 fully saturated rings. The van der Waals surface area contributed by atoms with Crippen LogP contribution < -0.4 is 0 Å². The van der Waals surface area contributed by atoms with E-state index >= 15 is 0 Å². The highest BCUT2D eigenvalue weighted by Crippen LogP contribution is 2.29. The summed E-state index contributed by atoms with van der Waals surface area (Å²) in [6, 6.07) is 12.2. The summed E-state index contributed by atoms with van der Waals surface area (Å²) < 4.78 is 0. The van der Waals surface area contributed by atoms with Crippen molar-refractivity contribution in [1.82, 2.24) is 9.88 Å². The molecular formula is C18H19ClN2OS. The molecule has 0 radical (unpaired) electrons. The lowest BCUT2D eigenvalue weighted by Gasteiger charge is -2.22. The van der Waals surface area contributed by atoms with Crippen LogP contribution in [0.4, 0.5) is 0 Å². The minimum absolute atomic E-state index is 0.225. The average Bonchev–Trinajstić information content (AvgIpc) is 3.40. The van der Waals surface area contributed by atoms with Crippen molar-refractivity contribution in [2.24, 2.45) is 0 Å². The molecule has 0 atom stereocenters. The molecule has 1 saturated carbocycles. The van der Waals surface area contributed by atoms with Gasteiger partial charge in [0.2, 0.25) is 5.91 Å². The average molecular weight is 347 g/mol. The van der Waals surface area contributed by atoms with Crippen molar-refractivity contribution in [3.63, 3.8) is 0 Å². The second kappa shape index (κ2) is 7.84. The largest absolute Gasteiger partial charge is 0.335 e. The van der Waals surface area contributed by atoms with Crippen LogP contribution in [-0.2, 0) is 17.1 Å². The van der Waals surface area contributed by atoms with Gasteiger partial charge >= 0.3 is 0 Å². The molecule has 0 bridgehead atoms. The fourth-order valence-electron chi connectivity index (χ4n) is 2.41. The van der Waals surface area contributed by atoms with E-state index in [1.54, 1.807) is 24.2 Å². The molecule has 1 aromatic carbocycles. The van der Waals surface area contributed by atoms with Crippen LogP contribution in [0.15, 0.2) is 48.8 Å². The topological polar surface area (TPSA) is 33.2 Å². The molecule has 2 aromatic rings. The lowest BCUT2D eigenvalue weighted by molar-refractivity contribution is -0.129. The summed E-state index contributed by atoms with van der Waals surface area (Å²) in [5.41, 5.74) is 2.34. The molecule has 120 valence electrons. The molecule has 1 amide bonds. The summed E-state index contributed by atoms with van der Waals surface area (Å²) in [4.78, 5) is 18.6. The number of benzene rings is 1. The van der Waals surface area contributed by atoms with Gasteiger partial charge in [-0.15, -0.1) is 11.8 Å². The molecule has 3 rings (SSSR count). The van der Waals surface area contributed by atoms with Crippen LogP contribution in [-0.4, -0.2) is 27.6 Å². The van der Waals surface area contributed by atoms with Crippen LogP contribution in [0.3, 0.4) is 0 Å². The van der Waals surface area contributed by atoms with Gasteiger partial charge in [0.25, 0.3) is 0 Å². The molecular weight excluding hydrogens is 328 g/mol. The first-order valence-electron chi connectivity index (χ1n) is 7.73. The summed E-state index contributed by atoms with van der Waals surface area (Å²) in [6.07, 6.45) is 5.80. The van der Waals surface area contributed by atoms with E-state index in [0.29, 0.717) is 18.3 Å². The van der Waals surface area contributed by atoms with Gasteiger partial charge in [-0.1, -0.05) is 23.7 Å². The van der Waals surface area contributed by atoms with Crippen molar-refractivity contribution in [1.29, 1.82) is 0 Å². The predicted molar refractivity (Wildman–Crippen MR) is 95.4 cm³/mol. The van der Waals surface area contributed by atoms with E-state index in [1.165, 1.54) is 5.56 Å². The minimum Gasteiger partial charge on any atom is -0.335 e. The fourth-order valence-corrected chi connectivity index (χ4v) is 3.41. The van der Waals surface area contributed by atoms with E-state index in [0.717, 1.165) is 29.2 Å². The highest BCUT2D eigenvalue weighted by molar-refractivity contribution is 7.99. The zero-order valence-corrected chi connectivity index (χ0v) is 14.4. The van der Waals surface area contributed by atoms with Gasteiger partial charge in [0.1, 0.15) is 0 Å². The quantitative estimate of drug-likeness (QED) is 0.754. The number of rotatable bonds is 7. The maximum atomic E-state index is 12.5. The number of hydrogen-bond acceptors (Lipinski definition) is 3. The van der Waals surface area contributed by atoms with Gasteiger partial charge in [-0.3, -0.25) is 9.78 Å². The summed E-state index contributed by atoms with van der Waals surface area (Å²) in [5.74, 6) is 1.57. The molecule has 0 unspecified atom stereocenters. The van der Waals surface area contributed by atoms with Gasteiger partial charge in [-0.25, -0.2) is 0 Å². The third-order valence-electron chi connectivity index (χ3n) is 3.82. The number of aromatic nitrogens is 1. The Labute approximate surface area is 146 Å². The molecule has 0 N–H and O–H groups in total. The van der Waals surface area contributed by atoms with E-state index in [9.17, 15) is 4.79 Å². The second-order valence-corrected chi connectivity index (χ2v) is 7.15. The lowest BCUT2D eigenvalue weighted by atomic mass is 10.2. The van der Waals surface area contributed by atoms with Gasteiger partial charge in [0.15, 0.2) is 0 Å². The monoisotopic (exact) mass is 346 g/mol. The van der Waals surface area contributed by atoms with Crippen LogP contribution in [0.5, 0.6) is 0 Å². The number of amides is 1. The highest BCUT2D eigenvalue weighted by atomic mass is 35.5. The Balaban J connectivity index is 1.51. The van der Waals surface area contributed by atoms with Gasteiger partial charge in [-0.2, -0.15) is 0 Å². The van der Waals surface area contributed by atoms with Crippen molar-refractivity contribution in [3.8, 4) is 0 Å². The smallest absolute Gasteiger partial charge is 0.233 e. The van der Waals surface area contributed by atoms with Crippen molar-refractivity contribution in [3.05, 3.63) is 64.9 Å². The number of thioether (sulfide) groups is 1. The van der Waals surface area contributed by atoms with Crippen LogP contribution in [0.25, 0.3) is 0 Å². The zero-order valence-electron chi connectivity index (χ0n) is 12.8. The SMILES string of the molecule is O=C(CSCc1ccc(Cl)cc1)N(Cc1ccncc1)C1CC1. The molecule has 1 aromatic heterocycles. The summed E-state index contributed by atoms with van der Waals surface area (Å²) in [6.45, 7) is 0.688. The first kappa shape index (κ1) is 16.3. The number of halogens is 1. The zero-order chi connectivity index (χ0) is 16.1. The summed E-state index contributed by atoms with van der Waals surface area (Å²) in [7, 11) is 0. The van der Waals surface area contributed by atoms with Crippen LogP contribution in [0.1, 0.15) is 24.0 Å². The van der Waals surface area contributed by atoms with Gasteiger partial charge in [0, 0.05) is 35.8 Å². The molecule has 0 saturated heterocycles.